The van der Waals surface area contributed by atoms with Crippen LogP contribution in [0.1, 0.15) is 30.4 Å². The van der Waals surface area contributed by atoms with Crippen molar-refractivity contribution in [3.05, 3.63) is 35.4 Å². The Bertz CT molecular complexity index is 324. The van der Waals surface area contributed by atoms with Crippen molar-refractivity contribution in [2.75, 3.05) is 6.54 Å². The summed E-state index contributed by atoms with van der Waals surface area (Å²) in [5.41, 5.74) is 2.20. The fourth-order valence-electron chi connectivity index (χ4n) is 1.47. The van der Waals surface area contributed by atoms with Crippen molar-refractivity contribution in [2.24, 2.45) is 0 Å². The number of hydrogen-bond acceptors (Lipinski definition) is 2. The van der Waals surface area contributed by atoms with Gasteiger partial charge in [-0.15, -0.1) is 12.3 Å². The topological polar surface area (TPSA) is 32.3 Å². The van der Waals surface area contributed by atoms with Crippen LogP contribution >= 0.6 is 0 Å². The van der Waals surface area contributed by atoms with E-state index in [1.807, 2.05) is 24.3 Å². The van der Waals surface area contributed by atoms with Crippen LogP contribution in [0, 0.1) is 12.3 Å². The first-order valence-corrected chi connectivity index (χ1v) is 5.69. The van der Waals surface area contributed by atoms with E-state index in [0.29, 0.717) is 0 Å². The molecule has 1 aromatic carbocycles. The van der Waals surface area contributed by atoms with Gasteiger partial charge >= 0.3 is 0 Å². The minimum absolute atomic E-state index is 0.111. The average Bonchev–Trinajstić information content (AvgIpc) is 2.34. The predicted molar refractivity (Wildman–Crippen MR) is 66.8 cm³/mol. The quantitative estimate of drug-likeness (QED) is 0.541. The number of rotatable bonds is 7. The molecule has 2 heteroatoms. The summed E-state index contributed by atoms with van der Waals surface area (Å²) in [5, 5.41) is 12.3. The van der Waals surface area contributed by atoms with Crippen molar-refractivity contribution in [2.45, 2.75) is 32.4 Å². The summed E-state index contributed by atoms with van der Waals surface area (Å²) in [5.74, 6) is 2.64. The molecule has 16 heavy (non-hydrogen) atoms. The van der Waals surface area contributed by atoms with Gasteiger partial charge in [0, 0.05) is 13.0 Å². The monoisotopic (exact) mass is 217 g/mol. The lowest BCUT2D eigenvalue weighted by atomic mass is 10.1. The Labute approximate surface area is 97.7 Å². The second kappa shape index (κ2) is 7.92. The molecule has 0 aliphatic heterocycles. The van der Waals surface area contributed by atoms with E-state index in [9.17, 15) is 0 Å². The van der Waals surface area contributed by atoms with Crippen molar-refractivity contribution in [3.8, 4) is 12.3 Å². The molecule has 1 aromatic rings. The highest BCUT2D eigenvalue weighted by Gasteiger charge is 1.93. The lowest BCUT2D eigenvalue weighted by Crippen LogP contribution is -2.14. The molecule has 2 N–H and O–H groups in total. The van der Waals surface area contributed by atoms with Crippen LogP contribution in [-0.4, -0.2) is 11.7 Å². The summed E-state index contributed by atoms with van der Waals surface area (Å²) in [7, 11) is 0. The van der Waals surface area contributed by atoms with Gasteiger partial charge in [-0.25, -0.2) is 0 Å². The lowest BCUT2D eigenvalue weighted by Gasteiger charge is -2.04. The number of benzene rings is 1. The third kappa shape index (κ3) is 4.97. The van der Waals surface area contributed by atoms with E-state index in [2.05, 4.69) is 11.2 Å². The van der Waals surface area contributed by atoms with Gasteiger partial charge in [-0.1, -0.05) is 24.3 Å². The number of terminal acetylenes is 1. The molecule has 0 atom stereocenters. The maximum atomic E-state index is 8.89. The molecular weight excluding hydrogens is 198 g/mol. The molecule has 2 nitrogen and oxygen atoms in total. The molecule has 86 valence electrons. The average molecular weight is 217 g/mol. The zero-order valence-corrected chi connectivity index (χ0v) is 9.58. The first kappa shape index (κ1) is 12.8. The highest BCUT2D eigenvalue weighted by Crippen LogP contribution is 2.04. The molecular formula is C14H19NO. The first-order chi connectivity index (χ1) is 7.86. The molecule has 0 saturated carbocycles. The van der Waals surface area contributed by atoms with E-state index in [1.165, 1.54) is 5.56 Å². The van der Waals surface area contributed by atoms with E-state index < -0.39 is 0 Å². The molecule has 1 rings (SSSR count). The van der Waals surface area contributed by atoms with Gasteiger partial charge in [-0.3, -0.25) is 0 Å². The molecule has 0 radical (unpaired) electrons. The summed E-state index contributed by atoms with van der Waals surface area (Å²) < 4.78 is 0. The third-order valence-corrected chi connectivity index (χ3v) is 2.46. The van der Waals surface area contributed by atoms with E-state index in [0.717, 1.165) is 37.9 Å². The Morgan fingerprint density at radius 1 is 1.12 bits per heavy atom. The minimum Gasteiger partial charge on any atom is -0.392 e. The Balaban J connectivity index is 2.15. The molecule has 0 aliphatic rings. The summed E-state index contributed by atoms with van der Waals surface area (Å²) in [6.45, 7) is 1.99. The summed E-state index contributed by atoms with van der Waals surface area (Å²) in [4.78, 5) is 0. The van der Waals surface area contributed by atoms with Crippen LogP contribution < -0.4 is 5.32 Å². The molecule has 0 amide bonds. The fourth-order valence-corrected chi connectivity index (χ4v) is 1.47. The van der Waals surface area contributed by atoms with Crippen molar-refractivity contribution in [1.29, 1.82) is 0 Å². The molecule has 0 aliphatic carbocycles. The highest BCUT2D eigenvalue weighted by atomic mass is 16.3. The minimum atomic E-state index is 0.111. The van der Waals surface area contributed by atoms with Gasteiger partial charge < -0.3 is 10.4 Å². The third-order valence-electron chi connectivity index (χ3n) is 2.46. The summed E-state index contributed by atoms with van der Waals surface area (Å²) in [6, 6.07) is 7.99. The van der Waals surface area contributed by atoms with Gasteiger partial charge in [0.15, 0.2) is 0 Å². The first-order valence-electron chi connectivity index (χ1n) is 5.69. The predicted octanol–water partition coefficient (Wildman–Crippen LogP) is 2.07. The van der Waals surface area contributed by atoms with Crippen LogP contribution in [0.15, 0.2) is 24.3 Å². The standard InChI is InChI=1S/C14H19NO/c1-2-3-4-5-10-15-11-13-6-8-14(12-16)9-7-13/h1,6-9,15-16H,3-5,10-12H2. The SMILES string of the molecule is C#CCCCCNCc1ccc(CO)cc1. The van der Waals surface area contributed by atoms with Crippen molar-refractivity contribution >= 4 is 0 Å². The Kier molecular flexibility index (Phi) is 6.32. The number of hydrogen-bond donors (Lipinski definition) is 2. The summed E-state index contributed by atoms with van der Waals surface area (Å²) >= 11 is 0. The largest absolute Gasteiger partial charge is 0.392 e. The van der Waals surface area contributed by atoms with Crippen molar-refractivity contribution in [1.82, 2.24) is 5.32 Å². The molecule has 0 bridgehead atoms. The van der Waals surface area contributed by atoms with Gasteiger partial charge in [0.25, 0.3) is 0 Å². The van der Waals surface area contributed by atoms with Crippen LogP contribution in [0.5, 0.6) is 0 Å². The molecule has 0 unspecified atom stereocenters. The smallest absolute Gasteiger partial charge is 0.0681 e. The van der Waals surface area contributed by atoms with Crippen LogP contribution in [0.2, 0.25) is 0 Å². The molecule has 0 fully saturated rings. The summed E-state index contributed by atoms with van der Waals surface area (Å²) in [6.07, 6.45) is 8.25. The highest BCUT2D eigenvalue weighted by molar-refractivity contribution is 5.21. The number of nitrogens with one attached hydrogen (secondary N) is 1. The molecule has 0 spiro atoms. The van der Waals surface area contributed by atoms with Gasteiger partial charge in [0.1, 0.15) is 0 Å². The van der Waals surface area contributed by atoms with E-state index in [1.54, 1.807) is 0 Å². The lowest BCUT2D eigenvalue weighted by molar-refractivity contribution is 0.282. The fraction of sp³-hybridized carbons (Fsp3) is 0.429. The molecule has 0 aromatic heterocycles. The zero-order chi connectivity index (χ0) is 11.6. The second-order valence-electron chi connectivity index (χ2n) is 3.81. The van der Waals surface area contributed by atoms with Crippen LogP contribution in [0.3, 0.4) is 0 Å². The maximum Gasteiger partial charge on any atom is 0.0681 e. The van der Waals surface area contributed by atoms with Gasteiger partial charge in [-0.05, 0) is 30.5 Å². The van der Waals surface area contributed by atoms with Gasteiger partial charge in [0.05, 0.1) is 6.61 Å². The van der Waals surface area contributed by atoms with E-state index in [-0.39, 0.29) is 6.61 Å². The maximum absolute atomic E-state index is 8.89. The Morgan fingerprint density at radius 3 is 2.44 bits per heavy atom. The zero-order valence-electron chi connectivity index (χ0n) is 9.58. The van der Waals surface area contributed by atoms with Crippen molar-refractivity contribution in [3.63, 3.8) is 0 Å². The van der Waals surface area contributed by atoms with Crippen LogP contribution in [0.25, 0.3) is 0 Å². The number of aliphatic hydroxyl groups is 1. The van der Waals surface area contributed by atoms with E-state index >= 15 is 0 Å². The van der Waals surface area contributed by atoms with Gasteiger partial charge in [-0.2, -0.15) is 0 Å². The number of unbranched alkanes of at least 4 members (excludes halogenated alkanes) is 2. The molecule has 0 heterocycles. The van der Waals surface area contributed by atoms with Crippen LogP contribution in [-0.2, 0) is 13.2 Å². The molecule has 0 saturated heterocycles. The number of aliphatic hydroxyl groups excluding tert-OH is 1. The Morgan fingerprint density at radius 2 is 1.81 bits per heavy atom. The van der Waals surface area contributed by atoms with E-state index in [4.69, 9.17) is 11.5 Å². The second-order valence-corrected chi connectivity index (χ2v) is 3.81. The Hall–Kier alpha value is -1.30. The normalized spacial score (nSPS) is 10.0. The van der Waals surface area contributed by atoms with Gasteiger partial charge in [0.2, 0.25) is 0 Å². The van der Waals surface area contributed by atoms with Crippen molar-refractivity contribution < 1.29 is 5.11 Å². The van der Waals surface area contributed by atoms with Crippen LogP contribution in [0.4, 0.5) is 0 Å².